The highest BCUT2D eigenvalue weighted by Crippen LogP contribution is 2.47. The summed E-state index contributed by atoms with van der Waals surface area (Å²) < 4.78 is 57.6. The van der Waals surface area contributed by atoms with Gasteiger partial charge in [0.1, 0.15) is 54.9 Å². The van der Waals surface area contributed by atoms with Gasteiger partial charge in [-0.1, -0.05) is 125 Å². The number of hydrogen-bond acceptors (Lipinski definition) is 14. The Bertz CT molecular complexity index is 1770. The highest BCUT2D eigenvalue weighted by Gasteiger charge is 2.58. The Morgan fingerprint density at radius 1 is 0.549 bits per heavy atom. The third-order valence-electron chi connectivity index (χ3n) is 15.8. The number of aliphatic hydroxyl groups excluding tert-OH is 3. The van der Waals surface area contributed by atoms with E-state index in [9.17, 15) is 24.9 Å². The zero-order valence-electron chi connectivity index (χ0n) is 48.5. The summed E-state index contributed by atoms with van der Waals surface area (Å²) in [6.45, 7) is 47.9. The lowest BCUT2D eigenvalue weighted by Crippen LogP contribution is -2.69. The van der Waals surface area contributed by atoms with Gasteiger partial charge in [0.25, 0.3) is 0 Å². The van der Waals surface area contributed by atoms with Gasteiger partial charge in [0.2, 0.25) is 0 Å². The molecule has 0 amide bonds. The zero-order valence-corrected chi connectivity index (χ0v) is 53.5. The average molecular weight is 1090 g/mol. The van der Waals surface area contributed by atoms with Crippen molar-refractivity contribution < 1.29 is 66.6 Å². The van der Waals surface area contributed by atoms with Crippen LogP contribution >= 0.6 is 0 Å². The maximum Gasteiger partial charge on any atom is 0.308 e. The second-order valence-electron chi connectivity index (χ2n) is 27.4. The molecule has 3 N–H and O–H groups in total. The molecule has 4 saturated heterocycles. The molecule has 0 spiro atoms. The molecule has 0 aromatic carbocycles. The van der Waals surface area contributed by atoms with Gasteiger partial charge < -0.3 is 57.0 Å². The predicted molar refractivity (Wildman–Crippen MR) is 296 cm³/mol. The first-order valence-corrected chi connectivity index (χ1v) is 42.1. The van der Waals surface area contributed by atoms with Crippen molar-refractivity contribution in [2.24, 2.45) is 0 Å². The fourth-order valence-corrected chi connectivity index (χ4v) is 13.7. The number of hydrogen-bond donors (Lipinski definition) is 3. The van der Waals surface area contributed by atoms with E-state index in [1.54, 1.807) is 6.08 Å². The molecule has 0 saturated carbocycles. The van der Waals surface area contributed by atoms with Crippen LogP contribution < -0.4 is 0 Å². The van der Waals surface area contributed by atoms with Crippen molar-refractivity contribution in [3.63, 3.8) is 0 Å². The van der Waals surface area contributed by atoms with Crippen LogP contribution in [-0.4, -0.2) is 168 Å². The number of esters is 2. The Hall–Kier alpha value is -0.896. The molecule has 4 aliphatic heterocycles. The van der Waals surface area contributed by atoms with E-state index >= 15 is 0 Å². The van der Waals surface area contributed by atoms with Gasteiger partial charge in [0, 0.05) is 0 Å². The van der Waals surface area contributed by atoms with E-state index in [2.05, 4.69) is 157 Å². The van der Waals surface area contributed by atoms with Crippen molar-refractivity contribution in [2.75, 3.05) is 14.2 Å². The maximum atomic E-state index is 12.4. The van der Waals surface area contributed by atoms with Gasteiger partial charge in [-0.25, -0.2) is 0 Å². The molecule has 4 heterocycles. The summed E-state index contributed by atoms with van der Waals surface area (Å²) in [5.41, 5.74) is 4.38. The summed E-state index contributed by atoms with van der Waals surface area (Å²) in [5, 5.41) is 31.1. The molecule has 0 aliphatic carbocycles. The fraction of sp³-hybridized carbons (Fsp3) is 0.885. The molecule has 2 unspecified atom stereocenters. The van der Waals surface area contributed by atoms with Gasteiger partial charge in [0.15, 0.2) is 25.0 Å². The molecule has 0 bridgehead atoms. The highest BCUT2D eigenvalue weighted by atomic mass is 28.4. The minimum Gasteiger partial charge on any atom is -0.469 e. The molecular formula is C52H102O14Si5. The summed E-state index contributed by atoms with van der Waals surface area (Å²) in [6, 6.07) is 0. The van der Waals surface area contributed by atoms with Crippen LogP contribution in [0.4, 0.5) is 0 Å². The largest absolute Gasteiger partial charge is 0.469 e. The monoisotopic (exact) mass is 1090 g/mol. The summed E-state index contributed by atoms with van der Waals surface area (Å²) >= 11 is 0. The molecule has 14 atom stereocenters. The average Bonchev–Trinajstić information content (AvgIpc) is 3.21. The molecule has 0 radical (unpaired) electrons. The Morgan fingerprint density at radius 2 is 0.944 bits per heavy atom. The van der Waals surface area contributed by atoms with Crippen molar-refractivity contribution in [3.05, 3.63) is 23.6 Å². The van der Waals surface area contributed by atoms with Crippen molar-refractivity contribution in [1.82, 2.24) is 0 Å². The number of rotatable bonds is 16. The Morgan fingerprint density at radius 3 is 1.37 bits per heavy atom. The second-order valence-corrected chi connectivity index (χ2v) is 51.8. The summed E-state index contributed by atoms with van der Waals surface area (Å²) in [4.78, 5) is 23.8. The number of fused-ring (bicyclic) bond motifs is 2. The zero-order chi connectivity index (χ0) is 54.7. The Balaban J connectivity index is 0.000000446. The SMILES string of the molecule is COC(=O)CC1CC[C@@H]2O[C@@H]([C@@H](O)C=C[Si](C)(C)C)[C@@H](O)[C@@H](O)[C@H]2O1.COC(=O)CC1CC[C@@H]2O[C@@H]([C@H](/C=C/[Si](C)(C)C)O[Si](C)(C)C(C)(C)C)[C@@H](O[Si](C)(C)C(C)(C)C)[C@@H](O[Si](C)(C)C(C)(C)C)[C@H]2O1. The van der Waals surface area contributed by atoms with Gasteiger partial charge in [0.05, 0.1) is 73.7 Å². The van der Waals surface area contributed by atoms with Gasteiger partial charge in [-0.3, -0.25) is 9.59 Å². The van der Waals surface area contributed by atoms with Gasteiger partial charge in [-0.15, -0.1) is 0 Å². The number of carbonyl (C=O) groups excluding carboxylic acids is 2. The predicted octanol–water partition coefficient (Wildman–Crippen LogP) is 9.85. The van der Waals surface area contributed by atoms with E-state index in [0.717, 1.165) is 12.8 Å². The van der Waals surface area contributed by atoms with Gasteiger partial charge >= 0.3 is 11.9 Å². The summed E-state index contributed by atoms with van der Waals surface area (Å²) in [7, 11) is -7.19. The van der Waals surface area contributed by atoms with E-state index in [1.807, 2.05) is 5.70 Å². The minimum atomic E-state index is -2.34. The van der Waals surface area contributed by atoms with Crippen LogP contribution in [0.25, 0.3) is 0 Å². The molecule has 4 aliphatic rings. The van der Waals surface area contributed by atoms with Crippen molar-refractivity contribution in [1.29, 1.82) is 0 Å². The Kier molecular flexibility index (Phi) is 22.3. The molecule has 414 valence electrons. The highest BCUT2D eigenvalue weighted by molar-refractivity contribution is 6.81. The molecule has 0 aromatic heterocycles. The number of carbonyl (C=O) groups is 2. The van der Waals surface area contributed by atoms with E-state index in [4.69, 9.17) is 37.0 Å². The van der Waals surface area contributed by atoms with Crippen molar-refractivity contribution >= 4 is 53.0 Å². The van der Waals surface area contributed by atoms with Crippen LogP contribution in [0.15, 0.2) is 23.6 Å². The van der Waals surface area contributed by atoms with Gasteiger partial charge in [-0.05, 0) is 80.1 Å². The lowest BCUT2D eigenvalue weighted by atomic mass is 9.87. The van der Waals surface area contributed by atoms with Crippen LogP contribution in [0.5, 0.6) is 0 Å². The van der Waals surface area contributed by atoms with Crippen LogP contribution in [0.1, 0.15) is 101 Å². The van der Waals surface area contributed by atoms with E-state index in [1.165, 1.54) is 14.2 Å². The third kappa shape index (κ3) is 18.1. The number of ether oxygens (including phenoxy) is 6. The molecule has 0 aromatic rings. The molecule has 71 heavy (non-hydrogen) atoms. The first-order chi connectivity index (χ1) is 32.0. The quantitative estimate of drug-likeness (QED) is 0.0983. The summed E-state index contributed by atoms with van der Waals surface area (Å²) in [6.07, 6.45) is -1.15. The van der Waals surface area contributed by atoms with Crippen LogP contribution in [0, 0.1) is 0 Å². The maximum absolute atomic E-state index is 12.4. The van der Waals surface area contributed by atoms with Crippen LogP contribution in [-0.2, 0) is 51.3 Å². The third-order valence-corrected chi connectivity index (χ3v) is 31.6. The fourth-order valence-electron chi connectivity index (χ4n) is 8.29. The van der Waals surface area contributed by atoms with Gasteiger partial charge in [-0.2, -0.15) is 0 Å². The summed E-state index contributed by atoms with van der Waals surface area (Å²) in [5.74, 6) is -0.631. The molecule has 14 nitrogen and oxygen atoms in total. The first-order valence-electron chi connectivity index (χ1n) is 26.3. The molecule has 19 heteroatoms. The van der Waals surface area contributed by atoms with E-state index in [-0.39, 0.29) is 82.6 Å². The standard InChI is InChI=1S/C35H72O7Si4.C17H30O7Si/c1-33(2,3)44(14,15)40-27(22-23-43(11,12)13)30-32(42-46(18,19)35(7,8)9)31(41-45(16,17)34(4,5)6)29-26(39-30)21-20-25(38-29)24-28(36)37-10;1-22-13(19)9-10-5-6-12-17(23-10)15(21)14(20)16(24-12)11(18)7-8-25(2,3)4/h22-23,25-27,29-32H,20-21,24H2,1-19H3;7-8,10-12,14-18,20-21H,5-6,9H2,1-4H3/b23-22+;/t25?,26-,27-,29-,30-,31-,32+;10?,11-,12-,14-,15+,16-,17-/m00/s1. The first kappa shape index (κ1) is 64.4. The minimum absolute atomic E-state index is 0.0211. The lowest BCUT2D eigenvalue weighted by molar-refractivity contribution is -0.274. The number of methoxy groups -OCH3 is 2. The van der Waals surface area contributed by atoms with E-state index in [0.29, 0.717) is 12.8 Å². The molecule has 4 rings (SSSR count). The number of aliphatic hydroxyl groups is 3. The van der Waals surface area contributed by atoms with E-state index < -0.39 is 83.8 Å². The van der Waals surface area contributed by atoms with Crippen molar-refractivity contribution in [3.8, 4) is 0 Å². The Labute approximate surface area is 435 Å². The second kappa shape index (κ2) is 24.6. The molecular weight excluding hydrogens is 989 g/mol. The smallest absolute Gasteiger partial charge is 0.308 e. The van der Waals surface area contributed by atoms with Crippen LogP contribution in [0.3, 0.4) is 0 Å². The topological polar surface area (TPSA) is 178 Å². The molecule has 4 fully saturated rings. The van der Waals surface area contributed by atoms with Crippen LogP contribution in [0.2, 0.25) is 93.7 Å². The van der Waals surface area contributed by atoms with Crippen molar-refractivity contribution in [2.45, 2.75) is 280 Å². The normalized spacial score (nSPS) is 31.5. The lowest BCUT2D eigenvalue weighted by Gasteiger charge is -2.56.